The van der Waals surface area contributed by atoms with Gasteiger partial charge in [-0.2, -0.15) is 0 Å². The number of hydrogen-bond acceptors (Lipinski definition) is 4. The Morgan fingerprint density at radius 3 is 2.67 bits per heavy atom. The van der Waals surface area contributed by atoms with E-state index in [0.717, 1.165) is 5.56 Å². The largest absolute Gasteiger partial charge is 0.493 e. The minimum Gasteiger partial charge on any atom is -0.493 e. The van der Waals surface area contributed by atoms with E-state index >= 15 is 0 Å². The maximum Gasteiger partial charge on any atom is 0.318 e. The molecule has 0 saturated carbocycles. The Hall–Kier alpha value is -2.44. The fourth-order valence-electron chi connectivity index (χ4n) is 2.85. The van der Waals surface area contributed by atoms with Crippen LogP contribution in [0.1, 0.15) is 19.4 Å². The average Bonchev–Trinajstić information content (AvgIpc) is 2.58. The number of rotatable bonds is 5. The number of amides is 3. The molecule has 2 rings (SSSR count). The summed E-state index contributed by atoms with van der Waals surface area (Å²) in [6.07, 6.45) is 0. The molecule has 0 bridgehead atoms. The molecule has 1 heterocycles. The lowest BCUT2D eigenvalue weighted by Crippen LogP contribution is -2.61. The van der Waals surface area contributed by atoms with Crippen molar-refractivity contribution < 1.29 is 19.1 Å². The lowest BCUT2D eigenvalue weighted by atomic mass is 10.00. The maximum atomic E-state index is 12.5. The molecular formula is C17H25N3O4. The lowest BCUT2D eigenvalue weighted by molar-refractivity contribution is -0.129. The molecule has 1 atom stereocenters. The zero-order valence-corrected chi connectivity index (χ0v) is 14.6. The Morgan fingerprint density at radius 1 is 1.33 bits per heavy atom. The molecule has 1 fully saturated rings. The van der Waals surface area contributed by atoms with Gasteiger partial charge >= 0.3 is 6.03 Å². The molecule has 2 N–H and O–H groups in total. The van der Waals surface area contributed by atoms with Crippen LogP contribution in [0.25, 0.3) is 0 Å². The third-order valence-electron chi connectivity index (χ3n) is 4.04. The minimum absolute atomic E-state index is 0.0529. The van der Waals surface area contributed by atoms with Gasteiger partial charge in [0.2, 0.25) is 5.91 Å². The van der Waals surface area contributed by atoms with Gasteiger partial charge in [-0.25, -0.2) is 4.79 Å². The fraction of sp³-hybridized carbons (Fsp3) is 0.529. The van der Waals surface area contributed by atoms with Gasteiger partial charge in [-0.05, 0) is 23.6 Å². The van der Waals surface area contributed by atoms with Gasteiger partial charge in [0.15, 0.2) is 11.5 Å². The van der Waals surface area contributed by atoms with Crippen LogP contribution in [0, 0.1) is 5.92 Å². The van der Waals surface area contributed by atoms with E-state index in [0.29, 0.717) is 31.1 Å². The molecule has 1 saturated heterocycles. The molecule has 0 aliphatic carbocycles. The monoisotopic (exact) mass is 335 g/mol. The second-order valence-corrected chi connectivity index (χ2v) is 6.02. The highest BCUT2D eigenvalue weighted by Gasteiger charge is 2.35. The Labute approximate surface area is 142 Å². The molecule has 24 heavy (non-hydrogen) atoms. The molecule has 1 aromatic carbocycles. The number of urea groups is 1. The van der Waals surface area contributed by atoms with Gasteiger partial charge in [0.25, 0.3) is 0 Å². The summed E-state index contributed by atoms with van der Waals surface area (Å²) >= 11 is 0. The molecule has 132 valence electrons. The molecule has 1 aromatic rings. The van der Waals surface area contributed by atoms with E-state index in [9.17, 15) is 9.59 Å². The second kappa shape index (κ2) is 7.90. The predicted octanol–water partition coefficient (Wildman–Crippen LogP) is 1.37. The molecular weight excluding hydrogens is 310 g/mol. The van der Waals surface area contributed by atoms with Crippen molar-refractivity contribution >= 4 is 11.9 Å². The zero-order valence-electron chi connectivity index (χ0n) is 14.6. The molecule has 0 spiro atoms. The first-order valence-electron chi connectivity index (χ1n) is 8.01. The number of carbonyl (C=O) groups is 2. The smallest absolute Gasteiger partial charge is 0.318 e. The van der Waals surface area contributed by atoms with E-state index < -0.39 is 6.04 Å². The van der Waals surface area contributed by atoms with Crippen LogP contribution in [0.2, 0.25) is 0 Å². The van der Waals surface area contributed by atoms with E-state index in [1.807, 2.05) is 26.0 Å². The summed E-state index contributed by atoms with van der Waals surface area (Å²) in [5.74, 6) is 1.21. The van der Waals surface area contributed by atoms with E-state index in [1.165, 1.54) is 0 Å². The van der Waals surface area contributed by atoms with Gasteiger partial charge in [-0.3, -0.25) is 4.79 Å². The number of benzene rings is 1. The van der Waals surface area contributed by atoms with E-state index in [2.05, 4.69) is 10.6 Å². The van der Waals surface area contributed by atoms with Crippen LogP contribution >= 0.6 is 0 Å². The molecule has 7 heteroatoms. The van der Waals surface area contributed by atoms with Crippen LogP contribution in [0.4, 0.5) is 4.79 Å². The number of methoxy groups -OCH3 is 2. The van der Waals surface area contributed by atoms with Gasteiger partial charge < -0.3 is 25.0 Å². The summed E-state index contributed by atoms with van der Waals surface area (Å²) in [7, 11) is 3.15. The van der Waals surface area contributed by atoms with Crippen molar-refractivity contribution in [1.82, 2.24) is 15.5 Å². The fourth-order valence-corrected chi connectivity index (χ4v) is 2.85. The topological polar surface area (TPSA) is 79.9 Å². The first-order chi connectivity index (χ1) is 11.5. The summed E-state index contributed by atoms with van der Waals surface area (Å²) in [6, 6.07) is 4.81. The van der Waals surface area contributed by atoms with E-state index in [-0.39, 0.29) is 17.9 Å². The Morgan fingerprint density at radius 2 is 2.04 bits per heavy atom. The van der Waals surface area contributed by atoms with Crippen molar-refractivity contribution in [3.8, 4) is 11.5 Å². The lowest BCUT2D eigenvalue weighted by Gasteiger charge is -2.37. The van der Waals surface area contributed by atoms with Crippen LogP contribution in [0.5, 0.6) is 11.5 Å². The molecule has 7 nitrogen and oxygen atoms in total. The van der Waals surface area contributed by atoms with Crippen LogP contribution in [-0.2, 0) is 11.3 Å². The first kappa shape index (κ1) is 17.9. The SMILES string of the molecule is COc1ccc(CNC(=O)N2CCNC(=O)[C@H]2C(C)C)cc1OC. The van der Waals surface area contributed by atoms with Crippen LogP contribution in [0.15, 0.2) is 18.2 Å². The molecule has 3 amide bonds. The van der Waals surface area contributed by atoms with Gasteiger partial charge in [0, 0.05) is 19.6 Å². The van der Waals surface area contributed by atoms with Crippen LogP contribution in [0.3, 0.4) is 0 Å². The van der Waals surface area contributed by atoms with Crippen molar-refractivity contribution in [1.29, 1.82) is 0 Å². The maximum absolute atomic E-state index is 12.5. The quantitative estimate of drug-likeness (QED) is 0.852. The van der Waals surface area contributed by atoms with E-state index in [1.54, 1.807) is 25.2 Å². The highest BCUT2D eigenvalue weighted by atomic mass is 16.5. The van der Waals surface area contributed by atoms with Gasteiger partial charge in [-0.15, -0.1) is 0 Å². The number of piperazine rings is 1. The molecule has 0 aromatic heterocycles. The number of carbonyl (C=O) groups excluding carboxylic acids is 2. The minimum atomic E-state index is -0.441. The number of ether oxygens (including phenoxy) is 2. The number of hydrogen-bond donors (Lipinski definition) is 2. The van der Waals surface area contributed by atoms with Gasteiger partial charge in [-0.1, -0.05) is 19.9 Å². The van der Waals surface area contributed by atoms with Gasteiger partial charge in [0.05, 0.1) is 14.2 Å². The molecule has 1 aliphatic heterocycles. The summed E-state index contributed by atoms with van der Waals surface area (Å²) in [5, 5.41) is 5.68. The summed E-state index contributed by atoms with van der Waals surface area (Å²) in [6.45, 7) is 5.20. The van der Waals surface area contributed by atoms with Crippen molar-refractivity contribution in [2.24, 2.45) is 5.92 Å². The highest BCUT2D eigenvalue weighted by Crippen LogP contribution is 2.27. The summed E-state index contributed by atoms with van der Waals surface area (Å²) in [5.41, 5.74) is 0.892. The third kappa shape index (κ3) is 3.90. The van der Waals surface area contributed by atoms with Gasteiger partial charge in [0.1, 0.15) is 6.04 Å². The molecule has 0 unspecified atom stereocenters. The Bertz CT molecular complexity index is 603. The zero-order chi connectivity index (χ0) is 17.7. The number of nitrogens with zero attached hydrogens (tertiary/aromatic N) is 1. The van der Waals surface area contributed by atoms with Crippen molar-refractivity contribution in [3.63, 3.8) is 0 Å². The van der Waals surface area contributed by atoms with E-state index in [4.69, 9.17) is 9.47 Å². The van der Waals surface area contributed by atoms with Crippen molar-refractivity contribution in [2.45, 2.75) is 26.4 Å². The third-order valence-corrected chi connectivity index (χ3v) is 4.04. The molecule has 1 aliphatic rings. The Kier molecular flexibility index (Phi) is 5.89. The van der Waals surface area contributed by atoms with Crippen LogP contribution in [-0.4, -0.2) is 50.2 Å². The summed E-state index contributed by atoms with van der Waals surface area (Å²) in [4.78, 5) is 26.1. The highest BCUT2D eigenvalue weighted by molar-refractivity contribution is 5.88. The summed E-state index contributed by atoms with van der Waals surface area (Å²) < 4.78 is 10.5. The normalized spacial score (nSPS) is 17.5. The van der Waals surface area contributed by atoms with Crippen LogP contribution < -0.4 is 20.1 Å². The predicted molar refractivity (Wildman–Crippen MR) is 90.1 cm³/mol. The average molecular weight is 335 g/mol. The van der Waals surface area contributed by atoms with Crippen molar-refractivity contribution in [3.05, 3.63) is 23.8 Å². The Balaban J connectivity index is 2.03. The standard InChI is InChI=1S/C17H25N3O4/c1-11(2)15-16(21)18-7-8-20(15)17(22)19-10-12-5-6-13(23-3)14(9-12)24-4/h5-6,9,11,15H,7-8,10H2,1-4H3,(H,18,21)(H,19,22)/t15-/m1/s1. The van der Waals surface area contributed by atoms with Crippen molar-refractivity contribution in [2.75, 3.05) is 27.3 Å². The second-order valence-electron chi connectivity index (χ2n) is 6.02. The number of nitrogens with one attached hydrogen (secondary N) is 2. The molecule has 0 radical (unpaired) electrons. The first-order valence-corrected chi connectivity index (χ1v) is 8.01.